The van der Waals surface area contributed by atoms with Gasteiger partial charge in [0.25, 0.3) is 5.91 Å². The molecular weight excluding hydrogens is 258 g/mol. The van der Waals surface area contributed by atoms with E-state index in [2.05, 4.69) is 21.2 Å². The Hall–Kier alpha value is -0.870. The van der Waals surface area contributed by atoms with Crippen LogP contribution in [0.15, 0.2) is 22.7 Å². The number of hydrogen-bond acceptors (Lipinski definition) is 2. The number of hydrogen-bond donors (Lipinski definition) is 2. The number of nitrogens with one attached hydrogen (secondary N) is 1. The number of rotatable bonds is 3. The van der Waals surface area contributed by atoms with Gasteiger partial charge in [0.2, 0.25) is 0 Å². The van der Waals surface area contributed by atoms with Crippen LogP contribution in [0.25, 0.3) is 0 Å². The fraction of sp³-hybridized carbons (Fsp3) is 0.364. The highest BCUT2D eigenvalue weighted by molar-refractivity contribution is 9.10. The van der Waals surface area contributed by atoms with E-state index in [-0.39, 0.29) is 12.5 Å². The summed E-state index contributed by atoms with van der Waals surface area (Å²) in [6.45, 7) is 3.82. The van der Waals surface area contributed by atoms with Gasteiger partial charge in [0.15, 0.2) is 0 Å². The monoisotopic (exact) mass is 271 g/mol. The summed E-state index contributed by atoms with van der Waals surface area (Å²) in [7, 11) is 0. The van der Waals surface area contributed by atoms with Gasteiger partial charge in [-0.05, 0) is 41.4 Å². The molecule has 1 atom stereocenters. The summed E-state index contributed by atoms with van der Waals surface area (Å²) in [6, 6.07) is 5.50. The number of carbonyl (C=O) groups is 1. The van der Waals surface area contributed by atoms with Gasteiger partial charge in [0.05, 0.1) is 11.7 Å². The van der Waals surface area contributed by atoms with Crippen LogP contribution in [0, 0.1) is 6.92 Å². The molecule has 0 unspecified atom stereocenters. The van der Waals surface area contributed by atoms with Crippen molar-refractivity contribution in [1.82, 2.24) is 5.32 Å². The fourth-order valence-electron chi connectivity index (χ4n) is 1.16. The van der Waals surface area contributed by atoms with Gasteiger partial charge >= 0.3 is 0 Å². The van der Waals surface area contributed by atoms with Gasteiger partial charge in [-0.3, -0.25) is 4.79 Å². The molecule has 4 heteroatoms. The van der Waals surface area contributed by atoms with Crippen molar-refractivity contribution in [3.8, 4) is 0 Å². The zero-order valence-electron chi connectivity index (χ0n) is 8.75. The first-order valence-corrected chi connectivity index (χ1v) is 5.53. The Morgan fingerprint density at radius 3 is 2.87 bits per heavy atom. The average molecular weight is 272 g/mol. The molecule has 15 heavy (non-hydrogen) atoms. The molecule has 1 aromatic carbocycles. The van der Waals surface area contributed by atoms with Crippen molar-refractivity contribution in [3.63, 3.8) is 0 Å². The molecule has 0 spiro atoms. The van der Waals surface area contributed by atoms with Gasteiger partial charge < -0.3 is 10.4 Å². The van der Waals surface area contributed by atoms with Gasteiger partial charge in [-0.15, -0.1) is 0 Å². The molecule has 0 fully saturated rings. The van der Waals surface area contributed by atoms with Crippen LogP contribution >= 0.6 is 15.9 Å². The van der Waals surface area contributed by atoms with E-state index in [1.165, 1.54) is 0 Å². The summed E-state index contributed by atoms with van der Waals surface area (Å²) >= 11 is 3.36. The molecule has 0 saturated heterocycles. The summed E-state index contributed by atoms with van der Waals surface area (Å²) in [5, 5.41) is 11.7. The van der Waals surface area contributed by atoms with E-state index < -0.39 is 6.10 Å². The van der Waals surface area contributed by atoms with Crippen LogP contribution in [0.5, 0.6) is 0 Å². The minimum absolute atomic E-state index is 0.175. The van der Waals surface area contributed by atoms with Crippen LogP contribution < -0.4 is 5.32 Å². The standard InChI is InChI=1S/C11H14BrNO2/c1-7-4-3-5-9(10(7)12)11(15)13-6-8(2)14/h3-5,8,14H,6H2,1-2H3,(H,13,15)/t8-/m0/s1. The highest BCUT2D eigenvalue weighted by atomic mass is 79.9. The van der Waals surface area contributed by atoms with Gasteiger partial charge in [-0.25, -0.2) is 0 Å². The molecule has 0 aliphatic carbocycles. The molecule has 0 aliphatic rings. The molecule has 0 aliphatic heterocycles. The molecule has 82 valence electrons. The van der Waals surface area contributed by atoms with Gasteiger partial charge in [0, 0.05) is 11.0 Å². The normalized spacial score (nSPS) is 12.3. The van der Waals surface area contributed by atoms with Crippen molar-refractivity contribution in [2.45, 2.75) is 20.0 Å². The molecule has 0 saturated carbocycles. The lowest BCUT2D eigenvalue weighted by atomic mass is 10.1. The van der Waals surface area contributed by atoms with Crippen molar-refractivity contribution >= 4 is 21.8 Å². The second-order valence-corrected chi connectivity index (χ2v) is 4.29. The van der Waals surface area contributed by atoms with E-state index in [0.29, 0.717) is 5.56 Å². The largest absolute Gasteiger partial charge is 0.392 e. The van der Waals surface area contributed by atoms with Crippen molar-refractivity contribution in [2.75, 3.05) is 6.54 Å². The maximum Gasteiger partial charge on any atom is 0.252 e. The van der Waals surface area contributed by atoms with Crippen molar-refractivity contribution in [1.29, 1.82) is 0 Å². The van der Waals surface area contributed by atoms with E-state index in [1.54, 1.807) is 13.0 Å². The summed E-state index contributed by atoms with van der Waals surface area (Å²) in [6.07, 6.45) is -0.530. The third-order valence-electron chi connectivity index (χ3n) is 1.99. The van der Waals surface area contributed by atoms with Crippen molar-refractivity contribution < 1.29 is 9.90 Å². The molecule has 0 bridgehead atoms. The predicted octanol–water partition coefficient (Wildman–Crippen LogP) is 1.87. The number of amides is 1. The van der Waals surface area contributed by atoms with E-state index in [1.807, 2.05) is 19.1 Å². The zero-order valence-corrected chi connectivity index (χ0v) is 10.3. The quantitative estimate of drug-likeness (QED) is 0.882. The second kappa shape index (κ2) is 5.28. The third kappa shape index (κ3) is 3.32. The number of halogens is 1. The topological polar surface area (TPSA) is 49.3 Å². The first kappa shape index (κ1) is 12.2. The van der Waals surface area contributed by atoms with E-state index in [9.17, 15) is 4.79 Å². The maximum absolute atomic E-state index is 11.7. The van der Waals surface area contributed by atoms with Gasteiger partial charge in [0.1, 0.15) is 0 Å². The molecule has 0 aromatic heterocycles. The van der Waals surface area contributed by atoms with E-state index >= 15 is 0 Å². The lowest BCUT2D eigenvalue weighted by Gasteiger charge is -2.09. The van der Waals surface area contributed by atoms with E-state index in [4.69, 9.17) is 5.11 Å². The predicted molar refractivity (Wildman–Crippen MR) is 62.9 cm³/mol. The Bertz CT molecular complexity index is 364. The van der Waals surface area contributed by atoms with Gasteiger partial charge in [-0.2, -0.15) is 0 Å². The molecule has 0 radical (unpaired) electrons. The minimum Gasteiger partial charge on any atom is -0.392 e. The summed E-state index contributed by atoms with van der Waals surface area (Å²) in [5.74, 6) is -0.175. The molecule has 3 nitrogen and oxygen atoms in total. The molecule has 0 heterocycles. The lowest BCUT2D eigenvalue weighted by Crippen LogP contribution is -2.30. The van der Waals surface area contributed by atoms with Crippen LogP contribution in [-0.4, -0.2) is 23.7 Å². The Labute approximate surface area is 97.6 Å². The minimum atomic E-state index is -0.530. The molecule has 1 rings (SSSR count). The SMILES string of the molecule is Cc1cccc(C(=O)NC[C@H](C)O)c1Br. The molecule has 1 amide bonds. The highest BCUT2D eigenvalue weighted by Crippen LogP contribution is 2.20. The number of aliphatic hydroxyl groups is 1. The van der Waals surface area contributed by atoms with Crippen LogP contribution in [0.3, 0.4) is 0 Å². The Morgan fingerprint density at radius 1 is 1.60 bits per heavy atom. The van der Waals surface area contributed by atoms with Crippen LogP contribution in [0.2, 0.25) is 0 Å². The Balaban J connectivity index is 2.78. The Kier molecular flexibility index (Phi) is 4.29. The van der Waals surface area contributed by atoms with Crippen LogP contribution in [0.1, 0.15) is 22.8 Å². The summed E-state index contributed by atoms with van der Waals surface area (Å²) in [4.78, 5) is 11.7. The third-order valence-corrected chi connectivity index (χ3v) is 3.05. The molecule has 1 aromatic rings. The fourth-order valence-corrected chi connectivity index (χ4v) is 1.60. The smallest absolute Gasteiger partial charge is 0.252 e. The highest BCUT2D eigenvalue weighted by Gasteiger charge is 2.11. The van der Waals surface area contributed by atoms with E-state index in [0.717, 1.165) is 10.0 Å². The van der Waals surface area contributed by atoms with Crippen molar-refractivity contribution in [3.05, 3.63) is 33.8 Å². The molecular formula is C11H14BrNO2. The number of benzene rings is 1. The zero-order chi connectivity index (χ0) is 11.4. The number of carbonyl (C=O) groups excluding carboxylic acids is 1. The summed E-state index contributed by atoms with van der Waals surface area (Å²) in [5.41, 5.74) is 1.61. The Morgan fingerprint density at radius 2 is 2.27 bits per heavy atom. The van der Waals surface area contributed by atoms with Crippen LogP contribution in [-0.2, 0) is 0 Å². The van der Waals surface area contributed by atoms with Crippen molar-refractivity contribution in [2.24, 2.45) is 0 Å². The number of aliphatic hydroxyl groups excluding tert-OH is 1. The average Bonchev–Trinajstić information content (AvgIpc) is 2.18. The number of aryl methyl sites for hydroxylation is 1. The molecule has 2 N–H and O–H groups in total. The summed E-state index contributed by atoms with van der Waals surface area (Å²) < 4.78 is 0.799. The lowest BCUT2D eigenvalue weighted by molar-refractivity contribution is 0.0923. The van der Waals surface area contributed by atoms with Crippen LogP contribution in [0.4, 0.5) is 0 Å². The van der Waals surface area contributed by atoms with Gasteiger partial charge in [-0.1, -0.05) is 12.1 Å². The maximum atomic E-state index is 11.7. The first-order chi connectivity index (χ1) is 7.02. The second-order valence-electron chi connectivity index (χ2n) is 3.50. The first-order valence-electron chi connectivity index (χ1n) is 4.73.